The zero-order valence-corrected chi connectivity index (χ0v) is 15.1. The lowest BCUT2D eigenvalue weighted by Gasteiger charge is -2.26. The summed E-state index contributed by atoms with van der Waals surface area (Å²) in [6.07, 6.45) is 0.701. The topological polar surface area (TPSA) is 66.1 Å². The molecule has 6 nitrogen and oxygen atoms in total. The largest absolute Gasteiger partial charge is 0.417 e. The van der Waals surface area contributed by atoms with Crippen LogP contribution in [0.3, 0.4) is 0 Å². The van der Waals surface area contributed by atoms with E-state index in [1.807, 2.05) is 0 Å². The van der Waals surface area contributed by atoms with Crippen LogP contribution in [0, 0.1) is 0 Å². The zero-order chi connectivity index (χ0) is 19.6. The average molecular weight is 391 g/mol. The number of morpholine rings is 1. The number of anilines is 1. The van der Waals surface area contributed by atoms with Crippen molar-refractivity contribution in [3.8, 4) is 0 Å². The Kier molecular flexibility index (Phi) is 5.19. The van der Waals surface area contributed by atoms with Gasteiger partial charge in [0.1, 0.15) is 0 Å². The number of rotatable bonds is 5. The molecule has 0 aliphatic carbocycles. The summed E-state index contributed by atoms with van der Waals surface area (Å²) in [6, 6.07) is 4.16. The number of benzene rings is 1. The predicted octanol–water partition coefficient (Wildman–Crippen LogP) is 3.10. The van der Waals surface area contributed by atoms with Gasteiger partial charge in [0.15, 0.2) is 0 Å². The van der Waals surface area contributed by atoms with E-state index < -0.39 is 11.7 Å². The van der Waals surface area contributed by atoms with Gasteiger partial charge >= 0.3 is 6.18 Å². The van der Waals surface area contributed by atoms with E-state index in [0.29, 0.717) is 43.3 Å². The maximum absolute atomic E-state index is 13.3. The van der Waals surface area contributed by atoms with Gasteiger partial charge in [-0.2, -0.15) is 13.2 Å². The van der Waals surface area contributed by atoms with E-state index in [4.69, 9.17) is 4.74 Å². The Morgan fingerprint density at radius 3 is 2.57 bits per heavy atom. The van der Waals surface area contributed by atoms with E-state index in [1.54, 1.807) is 24.7 Å². The summed E-state index contributed by atoms with van der Waals surface area (Å²) in [4.78, 5) is 13.7. The van der Waals surface area contributed by atoms with Crippen molar-refractivity contribution in [2.24, 2.45) is 0 Å². The summed E-state index contributed by atoms with van der Waals surface area (Å²) in [5.41, 5.74) is 1.30. The summed E-state index contributed by atoms with van der Waals surface area (Å²) < 4.78 is 45.2. The van der Waals surface area contributed by atoms with Crippen molar-refractivity contribution >= 4 is 16.9 Å². The molecule has 1 saturated heterocycles. The summed E-state index contributed by atoms with van der Waals surface area (Å²) in [5.74, 6) is 0.665. The lowest BCUT2D eigenvalue weighted by atomic mass is 10.1. The van der Waals surface area contributed by atoms with E-state index in [1.165, 1.54) is 6.07 Å². The molecule has 3 aromatic rings. The van der Waals surface area contributed by atoms with Crippen LogP contribution in [-0.2, 0) is 24.0 Å². The molecule has 3 heterocycles. The van der Waals surface area contributed by atoms with Gasteiger partial charge in [-0.15, -0.1) is 0 Å². The van der Waals surface area contributed by atoms with E-state index >= 15 is 0 Å². The van der Waals surface area contributed by atoms with Gasteiger partial charge in [0, 0.05) is 61.2 Å². The van der Waals surface area contributed by atoms with E-state index in [0.717, 1.165) is 24.7 Å². The number of fused-ring (bicyclic) bond motifs is 1. The van der Waals surface area contributed by atoms with Gasteiger partial charge in [0.25, 0.3) is 0 Å². The highest BCUT2D eigenvalue weighted by Gasteiger charge is 2.33. The fourth-order valence-electron chi connectivity index (χ4n) is 3.34. The van der Waals surface area contributed by atoms with Crippen molar-refractivity contribution in [3.63, 3.8) is 0 Å². The third-order valence-corrected chi connectivity index (χ3v) is 4.72. The molecular formula is C19H20F3N5O. The van der Waals surface area contributed by atoms with Crippen LogP contribution in [0.2, 0.25) is 0 Å². The minimum Gasteiger partial charge on any atom is -0.378 e. The Morgan fingerprint density at radius 2 is 1.86 bits per heavy atom. The Bertz CT molecular complexity index is 933. The third kappa shape index (κ3) is 3.95. The predicted molar refractivity (Wildman–Crippen MR) is 98.9 cm³/mol. The van der Waals surface area contributed by atoms with Crippen LogP contribution in [0.5, 0.6) is 0 Å². The van der Waals surface area contributed by atoms with Crippen LogP contribution >= 0.6 is 0 Å². The molecule has 1 aliphatic rings. The molecule has 2 aromatic heterocycles. The molecule has 9 heteroatoms. The second-order valence-corrected chi connectivity index (χ2v) is 6.63. The normalized spacial score (nSPS) is 15.3. The molecule has 2 N–H and O–H groups in total. The molecular weight excluding hydrogens is 371 g/mol. The molecule has 148 valence electrons. The van der Waals surface area contributed by atoms with Crippen molar-refractivity contribution in [1.29, 1.82) is 0 Å². The van der Waals surface area contributed by atoms with Crippen LogP contribution in [0.1, 0.15) is 16.7 Å². The number of hydrogen-bond donors (Lipinski definition) is 2. The molecule has 4 rings (SSSR count). The highest BCUT2D eigenvalue weighted by molar-refractivity contribution is 5.87. The second-order valence-electron chi connectivity index (χ2n) is 6.63. The summed E-state index contributed by atoms with van der Waals surface area (Å²) >= 11 is 0. The van der Waals surface area contributed by atoms with Gasteiger partial charge in [-0.05, 0) is 17.7 Å². The number of H-pyrrole nitrogens is 1. The van der Waals surface area contributed by atoms with E-state index in [2.05, 4.69) is 25.2 Å². The standard InChI is InChI=1S/C19H20F3N5O/c20-19(21,22)15-2-1-3-16-17(15)14(12-24-16)11-23-8-13-9-25-18(26-10-13)27-4-6-28-7-5-27/h1-3,9-10,12,23-24H,4-8,11H2. The molecule has 0 atom stereocenters. The van der Waals surface area contributed by atoms with Crippen LogP contribution in [0.4, 0.5) is 19.1 Å². The van der Waals surface area contributed by atoms with E-state index in [-0.39, 0.29) is 5.39 Å². The first-order valence-corrected chi connectivity index (χ1v) is 9.03. The Hall–Kier alpha value is -2.65. The fraction of sp³-hybridized carbons (Fsp3) is 0.368. The molecule has 1 fully saturated rings. The Morgan fingerprint density at radius 1 is 1.11 bits per heavy atom. The average Bonchev–Trinajstić information content (AvgIpc) is 3.12. The number of alkyl halides is 3. The SMILES string of the molecule is FC(F)(F)c1cccc2[nH]cc(CNCc3cnc(N4CCOCC4)nc3)c12. The zero-order valence-electron chi connectivity index (χ0n) is 15.1. The molecule has 0 radical (unpaired) electrons. The first-order valence-electron chi connectivity index (χ1n) is 9.03. The quantitative estimate of drug-likeness (QED) is 0.700. The maximum atomic E-state index is 13.3. The number of aromatic amines is 1. The molecule has 0 amide bonds. The molecule has 28 heavy (non-hydrogen) atoms. The summed E-state index contributed by atoms with van der Waals surface area (Å²) in [7, 11) is 0. The van der Waals surface area contributed by atoms with Crippen molar-refractivity contribution in [2.45, 2.75) is 19.3 Å². The van der Waals surface area contributed by atoms with Crippen LogP contribution in [0.25, 0.3) is 10.9 Å². The number of aromatic nitrogens is 3. The smallest absolute Gasteiger partial charge is 0.378 e. The van der Waals surface area contributed by atoms with Crippen molar-refractivity contribution < 1.29 is 17.9 Å². The Balaban J connectivity index is 1.41. The van der Waals surface area contributed by atoms with Gasteiger partial charge in [-0.3, -0.25) is 0 Å². The van der Waals surface area contributed by atoms with Gasteiger partial charge in [0.2, 0.25) is 5.95 Å². The molecule has 1 aliphatic heterocycles. The molecule has 0 bridgehead atoms. The van der Waals surface area contributed by atoms with Gasteiger partial charge in [0.05, 0.1) is 18.8 Å². The van der Waals surface area contributed by atoms with Gasteiger partial charge in [-0.1, -0.05) is 6.07 Å². The number of nitrogens with zero attached hydrogens (tertiary/aromatic N) is 3. The summed E-state index contributed by atoms with van der Waals surface area (Å²) in [5, 5.41) is 3.38. The maximum Gasteiger partial charge on any atom is 0.417 e. The van der Waals surface area contributed by atoms with Crippen molar-refractivity contribution in [3.05, 3.63) is 53.5 Å². The van der Waals surface area contributed by atoms with Crippen LogP contribution in [0.15, 0.2) is 36.8 Å². The second kappa shape index (κ2) is 7.76. The molecule has 0 unspecified atom stereocenters. The number of nitrogens with one attached hydrogen (secondary N) is 2. The van der Waals surface area contributed by atoms with Crippen molar-refractivity contribution in [1.82, 2.24) is 20.3 Å². The first kappa shape index (κ1) is 18.7. The van der Waals surface area contributed by atoms with E-state index in [9.17, 15) is 13.2 Å². The van der Waals surface area contributed by atoms with Crippen LogP contribution < -0.4 is 10.2 Å². The molecule has 0 spiro atoms. The van der Waals surface area contributed by atoms with Gasteiger partial charge < -0.3 is 19.9 Å². The van der Waals surface area contributed by atoms with Gasteiger partial charge in [-0.25, -0.2) is 9.97 Å². The minimum atomic E-state index is -4.39. The number of ether oxygens (including phenoxy) is 1. The lowest BCUT2D eigenvalue weighted by Crippen LogP contribution is -2.37. The highest BCUT2D eigenvalue weighted by atomic mass is 19.4. The van der Waals surface area contributed by atoms with Crippen molar-refractivity contribution in [2.75, 3.05) is 31.2 Å². The number of halogens is 3. The number of hydrogen-bond acceptors (Lipinski definition) is 5. The van der Waals surface area contributed by atoms with Crippen LogP contribution in [-0.4, -0.2) is 41.3 Å². The molecule has 1 aromatic carbocycles. The minimum absolute atomic E-state index is 0.210. The Labute approximate surface area is 159 Å². The fourth-order valence-corrected chi connectivity index (χ4v) is 3.34. The monoisotopic (exact) mass is 391 g/mol. The molecule has 0 saturated carbocycles. The first-order chi connectivity index (χ1) is 13.5. The third-order valence-electron chi connectivity index (χ3n) is 4.72. The lowest BCUT2D eigenvalue weighted by molar-refractivity contribution is -0.136. The highest BCUT2D eigenvalue weighted by Crippen LogP contribution is 2.36. The summed E-state index contributed by atoms with van der Waals surface area (Å²) in [6.45, 7) is 3.62.